The van der Waals surface area contributed by atoms with Crippen LogP contribution >= 0.6 is 30.2 Å². The Labute approximate surface area is 278 Å². The Morgan fingerprint density at radius 3 is 1.60 bits per heavy atom. The first kappa shape index (κ1) is 35.7. The van der Waals surface area contributed by atoms with Crippen molar-refractivity contribution in [3.05, 3.63) is 57.6 Å². The van der Waals surface area contributed by atoms with Crippen LogP contribution in [0.25, 0.3) is 0 Å². The second kappa shape index (κ2) is 11.0. The fraction of sp³-hybridized carbons (Fsp3) is 0.667. The molecule has 1 fully saturated rings. The molecule has 0 spiro atoms. The zero-order chi connectivity index (χ0) is 33.0. The third-order valence-electron chi connectivity index (χ3n) is 10.3. The van der Waals surface area contributed by atoms with Crippen LogP contribution in [0, 0.1) is 0 Å². The molecule has 4 rings (SSSR count). The van der Waals surface area contributed by atoms with E-state index in [0.717, 1.165) is 0 Å². The van der Waals surface area contributed by atoms with Gasteiger partial charge in [0.1, 0.15) is 0 Å². The average molecular weight is 698 g/mol. The third kappa shape index (κ3) is 5.71. The molecule has 0 radical (unpaired) electrons. The van der Waals surface area contributed by atoms with Gasteiger partial charge in [-0.15, -0.1) is 0 Å². The molecule has 43 heavy (non-hydrogen) atoms. The maximum absolute atomic E-state index is 6.74. The molecule has 0 aromatic heterocycles. The molecule has 2 aromatic carbocycles. The molecule has 1 saturated heterocycles. The summed E-state index contributed by atoms with van der Waals surface area (Å²) in [7, 11) is 1.59. The van der Waals surface area contributed by atoms with E-state index in [4.69, 9.17) is 12.2 Å². The Morgan fingerprint density at radius 1 is 0.744 bits per heavy atom. The van der Waals surface area contributed by atoms with E-state index in [0.29, 0.717) is 16.3 Å². The summed E-state index contributed by atoms with van der Waals surface area (Å²) in [6.07, 6.45) is 0. The number of fused-ring (bicyclic) bond motifs is 3. The van der Waals surface area contributed by atoms with Crippen LogP contribution in [-0.2, 0) is 21.7 Å². The van der Waals surface area contributed by atoms with E-state index in [1.54, 1.807) is 32.0 Å². The fourth-order valence-electron chi connectivity index (χ4n) is 7.72. The van der Waals surface area contributed by atoms with Crippen molar-refractivity contribution in [1.29, 1.82) is 0 Å². The van der Waals surface area contributed by atoms with Crippen molar-refractivity contribution >= 4 is 56.0 Å². The van der Waals surface area contributed by atoms with E-state index >= 15 is 0 Å². The topological polar surface area (TPSA) is 0 Å². The van der Waals surface area contributed by atoms with E-state index in [1.807, 2.05) is 0 Å². The van der Waals surface area contributed by atoms with Crippen LogP contribution in [-0.4, -0.2) is 20.6 Å². The van der Waals surface area contributed by atoms with Crippen molar-refractivity contribution in [2.75, 3.05) is 0 Å². The second-order valence-electron chi connectivity index (χ2n) is 18.9. The van der Waals surface area contributed by atoms with Crippen LogP contribution in [0.2, 0.25) is 4.25 Å². The Morgan fingerprint density at radius 2 is 1.23 bits per heavy atom. The molecule has 4 heteroatoms. The summed E-state index contributed by atoms with van der Waals surface area (Å²) < 4.78 is 3.98. The first-order chi connectivity index (χ1) is 19.2. The molecule has 2 aliphatic heterocycles. The molecule has 2 aromatic rings. The van der Waals surface area contributed by atoms with Gasteiger partial charge in [0.25, 0.3) is 0 Å². The van der Waals surface area contributed by atoms with Gasteiger partial charge in [-0.2, -0.15) is 0 Å². The number of thiocarbonyl (C=S) groups is 1. The normalized spacial score (nSPS) is 24.2. The molecule has 3 unspecified atom stereocenters. The van der Waals surface area contributed by atoms with Crippen LogP contribution in [0.5, 0.6) is 0 Å². The summed E-state index contributed by atoms with van der Waals surface area (Å²) in [4.78, 5) is 0. The Hall–Kier alpha value is -0.147. The Bertz CT molecular complexity index is 1400. The predicted molar refractivity (Wildman–Crippen MR) is 206 cm³/mol. The van der Waals surface area contributed by atoms with E-state index in [1.165, 1.54) is 15.1 Å². The summed E-state index contributed by atoms with van der Waals surface area (Å²) in [6.45, 7) is 44.3. The molecule has 0 bridgehead atoms. The summed E-state index contributed by atoms with van der Waals surface area (Å²) in [6, 6.07) is 10.4. The molecule has 3 atom stereocenters. The van der Waals surface area contributed by atoms with Crippen LogP contribution in [0.3, 0.4) is 0 Å². The third-order valence-corrected chi connectivity index (χ3v) is 40.9. The van der Waals surface area contributed by atoms with Gasteiger partial charge in [-0.25, -0.2) is 0 Å². The molecule has 2 aliphatic rings. The zero-order valence-electron chi connectivity index (χ0n) is 30.8. The summed E-state index contributed by atoms with van der Waals surface area (Å²) in [5.41, 5.74) is 9.59. The molecule has 0 amide bonds. The van der Waals surface area contributed by atoms with Crippen molar-refractivity contribution in [3.8, 4) is 0 Å². The molecule has 0 aliphatic carbocycles. The first-order valence-corrected chi connectivity index (χ1v) is 25.1. The van der Waals surface area contributed by atoms with E-state index in [-0.39, 0.29) is 25.9 Å². The van der Waals surface area contributed by atoms with Gasteiger partial charge in [-0.1, -0.05) is 0 Å². The molecule has 0 saturated carbocycles. The van der Waals surface area contributed by atoms with Crippen molar-refractivity contribution in [2.45, 2.75) is 167 Å². The van der Waals surface area contributed by atoms with Gasteiger partial charge < -0.3 is 0 Å². The molecule has 0 N–H and O–H groups in total. The van der Waals surface area contributed by atoms with Crippen molar-refractivity contribution < 1.29 is 0 Å². The fourth-order valence-corrected chi connectivity index (χ4v) is 47.0. The minimum atomic E-state index is -3.00. The molecular weight excluding hydrogens is 636 g/mol. The van der Waals surface area contributed by atoms with Crippen molar-refractivity contribution in [2.24, 2.45) is 0 Å². The average Bonchev–Trinajstić information content (AvgIpc) is 3.24. The maximum atomic E-state index is 6.74. The summed E-state index contributed by atoms with van der Waals surface area (Å²) in [5.74, 6) is 1.03. The molecule has 0 nitrogen and oxygen atoms in total. The second-order valence-corrected chi connectivity index (χ2v) is 37.0. The van der Waals surface area contributed by atoms with Crippen LogP contribution in [0.15, 0.2) is 24.3 Å². The van der Waals surface area contributed by atoms with Crippen molar-refractivity contribution in [3.63, 3.8) is 0 Å². The predicted octanol–water partition coefficient (Wildman–Crippen LogP) is 11.8. The summed E-state index contributed by atoms with van der Waals surface area (Å²) in [5, 5.41) is 1.64. The number of hydrogen-bond donors (Lipinski definition) is 0. The number of hydrogen-bond acceptors (Lipinski definition) is 2. The van der Waals surface area contributed by atoms with E-state index in [2.05, 4.69) is 159 Å². The molecular formula is C39H61GePS2. The standard InChI is InChI=1S/C39H61GePS2/c1-23(2)25-19-27(24(3)4)31-28(20-25)39(17,18)33-40(31,38(14,15)16)43-34(42)41(33)32-29(36(8,9)10)21-26(35(5,6)7)22-30(32)37(11,12)13/h19-24,33H,1-18H3. The quantitative estimate of drug-likeness (QED) is 0.178. The Balaban J connectivity index is 2.21. The zero-order valence-corrected chi connectivity index (χ0v) is 35.4. The van der Waals surface area contributed by atoms with Gasteiger partial charge >= 0.3 is 280 Å². The summed E-state index contributed by atoms with van der Waals surface area (Å²) >= 11 is 3.74. The molecule has 238 valence electrons. The number of benzene rings is 2. The SMILES string of the molecule is CC(C)c1cc(C(C)C)[c]2c(c1)C(C)(C)[CH]1P(c3c(C(C)(C)C)cc(C(C)(C)C)cc3C(C)(C)C)C(=S)[S][Ge]21[C](C)(C)C. The van der Waals surface area contributed by atoms with E-state index in [9.17, 15) is 0 Å². The first-order valence-electron chi connectivity index (χ1n) is 16.6. The van der Waals surface area contributed by atoms with Gasteiger partial charge in [0.2, 0.25) is 0 Å². The van der Waals surface area contributed by atoms with Gasteiger partial charge in [0.05, 0.1) is 0 Å². The minimum absolute atomic E-state index is 0.0304. The van der Waals surface area contributed by atoms with Gasteiger partial charge in [0, 0.05) is 0 Å². The van der Waals surface area contributed by atoms with Crippen LogP contribution in [0.4, 0.5) is 0 Å². The van der Waals surface area contributed by atoms with E-state index < -0.39 is 20.0 Å². The Kier molecular flexibility index (Phi) is 9.10. The van der Waals surface area contributed by atoms with Gasteiger partial charge in [-0.05, 0) is 0 Å². The number of rotatable bonds is 3. The molecule has 2 heterocycles. The van der Waals surface area contributed by atoms with Gasteiger partial charge in [0.15, 0.2) is 0 Å². The van der Waals surface area contributed by atoms with Gasteiger partial charge in [-0.3, -0.25) is 0 Å². The monoisotopic (exact) mass is 698 g/mol. The van der Waals surface area contributed by atoms with Crippen LogP contribution in [0.1, 0.15) is 170 Å². The van der Waals surface area contributed by atoms with Crippen molar-refractivity contribution in [1.82, 2.24) is 0 Å². The van der Waals surface area contributed by atoms with Crippen LogP contribution < -0.4 is 9.70 Å².